The predicted octanol–water partition coefficient (Wildman–Crippen LogP) is 2.71. The second-order valence-corrected chi connectivity index (χ2v) is 5.02. The molecule has 7 heteroatoms. The smallest absolute Gasteiger partial charge is 0.270 e. The number of nitro benzene ring substituents is 1. The minimum Gasteiger partial charge on any atom is -0.455 e. The first kappa shape index (κ1) is 14.0. The Bertz CT molecular complexity index is 747. The molecule has 3 rings (SSSR count). The number of nitrogens with one attached hydrogen (secondary N) is 1. The summed E-state index contributed by atoms with van der Waals surface area (Å²) in [6.45, 7) is 0. The van der Waals surface area contributed by atoms with Gasteiger partial charge in [-0.25, -0.2) is 5.43 Å². The fourth-order valence-electron chi connectivity index (χ4n) is 1.95. The van der Waals surface area contributed by atoms with E-state index in [1.54, 1.807) is 24.3 Å². The summed E-state index contributed by atoms with van der Waals surface area (Å²) in [6.07, 6.45) is 3.24. The summed E-state index contributed by atoms with van der Waals surface area (Å²) < 4.78 is 5.54. The summed E-state index contributed by atoms with van der Waals surface area (Å²) in [5.41, 5.74) is 3.06. The van der Waals surface area contributed by atoms with E-state index in [1.165, 1.54) is 18.3 Å². The van der Waals surface area contributed by atoms with Crippen molar-refractivity contribution in [2.45, 2.75) is 12.8 Å². The normalized spacial score (nSPS) is 14.2. The van der Waals surface area contributed by atoms with Gasteiger partial charge in [0.1, 0.15) is 11.5 Å². The van der Waals surface area contributed by atoms with Crippen LogP contribution >= 0.6 is 0 Å². The molecular formula is C15H13N3O4. The topological polar surface area (TPSA) is 97.7 Å². The van der Waals surface area contributed by atoms with Gasteiger partial charge in [0.05, 0.1) is 11.1 Å². The van der Waals surface area contributed by atoms with Crippen molar-refractivity contribution in [2.24, 2.45) is 11.0 Å². The number of nitrogens with zero attached hydrogens (tertiary/aromatic N) is 2. The lowest BCUT2D eigenvalue weighted by atomic mass is 10.1. The quantitative estimate of drug-likeness (QED) is 0.521. The van der Waals surface area contributed by atoms with Gasteiger partial charge in [-0.1, -0.05) is 12.1 Å². The Kier molecular flexibility index (Phi) is 3.69. The summed E-state index contributed by atoms with van der Waals surface area (Å²) in [5.74, 6) is 0.965. The SMILES string of the molecule is O=C(N/N=C/c1ccc(-c2cccc([N+](=O)[O-])c2)o1)C1CC1. The molecule has 0 unspecified atom stereocenters. The molecule has 1 aliphatic rings. The lowest BCUT2D eigenvalue weighted by Crippen LogP contribution is -2.18. The molecule has 1 aromatic heterocycles. The lowest BCUT2D eigenvalue weighted by Gasteiger charge is -1.97. The van der Waals surface area contributed by atoms with Crippen LogP contribution in [0.5, 0.6) is 0 Å². The summed E-state index contributed by atoms with van der Waals surface area (Å²) in [6, 6.07) is 9.56. The lowest BCUT2D eigenvalue weighted by molar-refractivity contribution is -0.384. The van der Waals surface area contributed by atoms with Crippen molar-refractivity contribution < 1.29 is 14.1 Å². The van der Waals surface area contributed by atoms with Gasteiger partial charge in [0, 0.05) is 23.6 Å². The summed E-state index contributed by atoms with van der Waals surface area (Å²) in [5, 5.41) is 14.6. The molecule has 0 aliphatic heterocycles. The van der Waals surface area contributed by atoms with Gasteiger partial charge in [-0.2, -0.15) is 5.10 Å². The zero-order valence-corrected chi connectivity index (χ0v) is 11.6. The maximum Gasteiger partial charge on any atom is 0.270 e. The first-order chi connectivity index (χ1) is 10.6. The molecule has 1 saturated carbocycles. The van der Waals surface area contributed by atoms with E-state index in [4.69, 9.17) is 4.42 Å². The molecule has 0 spiro atoms. The number of non-ortho nitro benzene ring substituents is 1. The summed E-state index contributed by atoms with van der Waals surface area (Å²) in [7, 11) is 0. The van der Waals surface area contributed by atoms with Gasteiger partial charge < -0.3 is 4.42 Å². The van der Waals surface area contributed by atoms with Crippen molar-refractivity contribution >= 4 is 17.8 Å². The van der Waals surface area contributed by atoms with Gasteiger partial charge in [-0.15, -0.1) is 0 Å². The van der Waals surface area contributed by atoms with Crippen molar-refractivity contribution in [1.82, 2.24) is 5.43 Å². The Hall–Kier alpha value is -2.96. The number of hydrazone groups is 1. The number of amides is 1. The molecule has 1 heterocycles. The van der Waals surface area contributed by atoms with E-state index >= 15 is 0 Å². The molecule has 0 bridgehead atoms. The van der Waals surface area contributed by atoms with Crippen LogP contribution in [-0.4, -0.2) is 17.0 Å². The average Bonchev–Trinajstić information content (AvgIpc) is 3.27. The number of hydrogen-bond acceptors (Lipinski definition) is 5. The van der Waals surface area contributed by atoms with Gasteiger partial charge >= 0.3 is 0 Å². The van der Waals surface area contributed by atoms with Crippen LogP contribution in [0, 0.1) is 16.0 Å². The van der Waals surface area contributed by atoms with Crippen LogP contribution in [-0.2, 0) is 4.79 Å². The first-order valence-corrected chi connectivity index (χ1v) is 6.81. The largest absolute Gasteiger partial charge is 0.455 e. The Morgan fingerprint density at radius 2 is 2.18 bits per heavy atom. The molecular weight excluding hydrogens is 286 g/mol. The Balaban J connectivity index is 1.70. The molecule has 1 N–H and O–H groups in total. The predicted molar refractivity (Wildman–Crippen MR) is 79.3 cm³/mol. The van der Waals surface area contributed by atoms with Gasteiger partial charge in [0.15, 0.2) is 0 Å². The molecule has 1 aliphatic carbocycles. The first-order valence-electron chi connectivity index (χ1n) is 6.81. The van der Waals surface area contributed by atoms with Gasteiger partial charge in [0.2, 0.25) is 5.91 Å². The van der Waals surface area contributed by atoms with Gasteiger partial charge in [0.25, 0.3) is 5.69 Å². The van der Waals surface area contributed by atoms with Crippen LogP contribution < -0.4 is 5.43 Å². The Morgan fingerprint density at radius 3 is 2.91 bits per heavy atom. The zero-order chi connectivity index (χ0) is 15.5. The standard InChI is InChI=1S/C15H13N3O4/c19-15(10-4-5-10)17-16-9-13-6-7-14(22-13)11-2-1-3-12(8-11)18(20)21/h1-3,6-10H,4-5H2,(H,17,19)/b16-9+. The summed E-state index contributed by atoms with van der Waals surface area (Å²) in [4.78, 5) is 21.7. The number of nitro groups is 1. The third-order valence-corrected chi connectivity index (χ3v) is 3.28. The Labute approximate surface area is 125 Å². The fourth-order valence-corrected chi connectivity index (χ4v) is 1.95. The molecule has 0 atom stereocenters. The maximum absolute atomic E-state index is 11.4. The third kappa shape index (κ3) is 3.20. The number of rotatable bonds is 5. The van der Waals surface area contributed by atoms with E-state index in [2.05, 4.69) is 10.5 Å². The van der Waals surface area contributed by atoms with Crippen LogP contribution in [0.3, 0.4) is 0 Å². The minimum atomic E-state index is -0.456. The van der Waals surface area contributed by atoms with E-state index in [0.29, 0.717) is 17.1 Å². The van der Waals surface area contributed by atoms with Crippen molar-refractivity contribution in [3.8, 4) is 11.3 Å². The number of furan rings is 1. The number of carbonyl (C=O) groups excluding carboxylic acids is 1. The molecule has 0 saturated heterocycles. The van der Waals surface area contributed by atoms with Crippen LogP contribution in [0.4, 0.5) is 5.69 Å². The molecule has 112 valence electrons. The van der Waals surface area contributed by atoms with Gasteiger partial charge in [-0.05, 0) is 25.0 Å². The van der Waals surface area contributed by atoms with Crippen molar-refractivity contribution in [3.63, 3.8) is 0 Å². The molecule has 1 fully saturated rings. The second-order valence-electron chi connectivity index (χ2n) is 5.02. The fraction of sp³-hybridized carbons (Fsp3) is 0.200. The number of benzene rings is 1. The molecule has 1 amide bonds. The molecule has 0 radical (unpaired) electrons. The highest BCUT2D eigenvalue weighted by atomic mass is 16.6. The van der Waals surface area contributed by atoms with Crippen LogP contribution in [0.15, 0.2) is 45.9 Å². The van der Waals surface area contributed by atoms with E-state index in [1.807, 2.05) is 0 Å². The van der Waals surface area contributed by atoms with Crippen LogP contribution in [0.1, 0.15) is 18.6 Å². The monoisotopic (exact) mass is 299 g/mol. The highest BCUT2D eigenvalue weighted by molar-refractivity contribution is 5.83. The van der Waals surface area contributed by atoms with E-state index in [9.17, 15) is 14.9 Å². The van der Waals surface area contributed by atoms with E-state index in [-0.39, 0.29) is 17.5 Å². The zero-order valence-electron chi connectivity index (χ0n) is 11.6. The van der Waals surface area contributed by atoms with Gasteiger partial charge in [-0.3, -0.25) is 14.9 Å². The number of carbonyl (C=O) groups is 1. The van der Waals surface area contributed by atoms with E-state index in [0.717, 1.165) is 12.8 Å². The third-order valence-electron chi connectivity index (χ3n) is 3.28. The highest BCUT2D eigenvalue weighted by Crippen LogP contribution is 2.28. The van der Waals surface area contributed by atoms with Crippen molar-refractivity contribution in [2.75, 3.05) is 0 Å². The maximum atomic E-state index is 11.4. The molecule has 1 aromatic carbocycles. The minimum absolute atomic E-state index is 0.000754. The Morgan fingerprint density at radius 1 is 1.36 bits per heavy atom. The average molecular weight is 299 g/mol. The van der Waals surface area contributed by atoms with Crippen molar-refractivity contribution in [1.29, 1.82) is 0 Å². The van der Waals surface area contributed by atoms with Crippen LogP contribution in [0.2, 0.25) is 0 Å². The molecule has 2 aromatic rings. The van der Waals surface area contributed by atoms with E-state index < -0.39 is 4.92 Å². The number of hydrogen-bond donors (Lipinski definition) is 1. The highest BCUT2D eigenvalue weighted by Gasteiger charge is 2.29. The molecule has 7 nitrogen and oxygen atoms in total. The molecule has 22 heavy (non-hydrogen) atoms. The second kappa shape index (κ2) is 5.80. The van der Waals surface area contributed by atoms with Crippen molar-refractivity contribution in [3.05, 3.63) is 52.3 Å². The van der Waals surface area contributed by atoms with Crippen LogP contribution in [0.25, 0.3) is 11.3 Å². The summed E-state index contributed by atoms with van der Waals surface area (Å²) >= 11 is 0.